The molecule has 0 atom stereocenters. The first-order valence-electron chi connectivity index (χ1n) is 7.23. The van der Waals surface area contributed by atoms with E-state index < -0.39 is 11.9 Å². The van der Waals surface area contributed by atoms with E-state index in [1.54, 1.807) is 12.1 Å². The zero-order valence-corrected chi connectivity index (χ0v) is 14.1. The average Bonchev–Trinajstić information content (AvgIpc) is 2.47. The lowest BCUT2D eigenvalue weighted by atomic mass is 10.1. The summed E-state index contributed by atoms with van der Waals surface area (Å²) in [4.78, 5) is 23.8. The molecule has 5 heteroatoms. The number of halogens is 1. The maximum atomic E-state index is 11.9. The molecule has 116 valence electrons. The maximum absolute atomic E-state index is 11.9. The Kier molecular flexibility index (Phi) is 8.05. The van der Waals surface area contributed by atoms with Crippen molar-refractivity contribution in [2.75, 3.05) is 13.2 Å². The van der Waals surface area contributed by atoms with E-state index in [4.69, 9.17) is 9.47 Å². The Balaban J connectivity index is 2.74. The second-order valence-corrected chi connectivity index (χ2v) is 5.62. The van der Waals surface area contributed by atoms with E-state index in [1.165, 1.54) is 6.07 Å². The van der Waals surface area contributed by atoms with Crippen LogP contribution in [-0.4, -0.2) is 25.2 Å². The summed E-state index contributed by atoms with van der Waals surface area (Å²) in [5.74, 6) is -0.847. The van der Waals surface area contributed by atoms with Crippen molar-refractivity contribution in [2.24, 2.45) is 0 Å². The Morgan fingerprint density at radius 1 is 0.905 bits per heavy atom. The van der Waals surface area contributed by atoms with Gasteiger partial charge in [0.25, 0.3) is 0 Å². The predicted octanol–water partition coefficient (Wildman–Crippen LogP) is 4.36. The van der Waals surface area contributed by atoms with E-state index in [9.17, 15) is 9.59 Å². The molecular weight excluding hydrogens is 336 g/mol. The number of carbonyl (C=O) groups is 2. The first-order chi connectivity index (χ1) is 10.1. The first-order valence-corrected chi connectivity index (χ1v) is 8.02. The van der Waals surface area contributed by atoms with Crippen LogP contribution in [0, 0.1) is 0 Å². The van der Waals surface area contributed by atoms with Crippen LogP contribution in [0.3, 0.4) is 0 Å². The molecule has 0 bridgehead atoms. The molecule has 0 saturated carbocycles. The van der Waals surface area contributed by atoms with Crippen LogP contribution in [0.15, 0.2) is 22.7 Å². The number of esters is 2. The van der Waals surface area contributed by atoms with Gasteiger partial charge in [-0.05, 0) is 31.0 Å². The highest BCUT2D eigenvalue weighted by Gasteiger charge is 2.14. The molecule has 1 aromatic rings. The normalized spacial score (nSPS) is 10.2. The van der Waals surface area contributed by atoms with Gasteiger partial charge < -0.3 is 9.47 Å². The summed E-state index contributed by atoms with van der Waals surface area (Å²) in [6.45, 7) is 4.82. The summed E-state index contributed by atoms with van der Waals surface area (Å²) < 4.78 is 10.9. The molecule has 0 aliphatic heterocycles. The lowest BCUT2D eigenvalue weighted by molar-refractivity contribution is 0.0498. The Hall–Kier alpha value is -1.36. The Morgan fingerprint density at radius 3 is 1.71 bits per heavy atom. The van der Waals surface area contributed by atoms with Crippen LogP contribution in [-0.2, 0) is 9.47 Å². The third-order valence-electron chi connectivity index (χ3n) is 2.83. The molecule has 0 spiro atoms. The Bertz CT molecular complexity index is 445. The summed E-state index contributed by atoms with van der Waals surface area (Å²) in [6, 6.07) is 4.78. The fourth-order valence-electron chi connectivity index (χ4n) is 1.61. The van der Waals surface area contributed by atoms with E-state index >= 15 is 0 Å². The highest BCUT2D eigenvalue weighted by molar-refractivity contribution is 9.10. The van der Waals surface area contributed by atoms with Crippen LogP contribution in [0.5, 0.6) is 0 Å². The molecule has 0 fully saturated rings. The molecule has 0 radical (unpaired) electrons. The lowest BCUT2D eigenvalue weighted by Gasteiger charge is -2.08. The average molecular weight is 357 g/mol. The molecule has 21 heavy (non-hydrogen) atoms. The van der Waals surface area contributed by atoms with Crippen molar-refractivity contribution in [1.29, 1.82) is 0 Å². The number of benzene rings is 1. The summed E-state index contributed by atoms with van der Waals surface area (Å²) in [6.07, 6.45) is 3.57. The van der Waals surface area contributed by atoms with Gasteiger partial charge >= 0.3 is 11.9 Å². The molecule has 1 aromatic carbocycles. The number of carbonyl (C=O) groups excluding carboxylic acids is 2. The van der Waals surface area contributed by atoms with Gasteiger partial charge in [-0.3, -0.25) is 0 Å². The molecule has 4 nitrogen and oxygen atoms in total. The van der Waals surface area contributed by atoms with E-state index in [0.29, 0.717) is 28.8 Å². The first kappa shape index (κ1) is 17.7. The summed E-state index contributed by atoms with van der Waals surface area (Å²) >= 11 is 3.30. The standard InChI is InChI=1S/C16H21BrO4/c1-3-5-7-20-15(18)12-9-13(11-14(17)10-12)16(19)21-8-6-4-2/h9-11H,3-8H2,1-2H3. The minimum absolute atomic E-state index is 0.350. The van der Waals surface area contributed by atoms with Crippen molar-refractivity contribution < 1.29 is 19.1 Å². The molecule has 0 aromatic heterocycles. The molecule has 0 aliphatic carbocycles. The van der Waals surface area contributed by atoms with Gasteiger partial charge in [0.1, 0.15) is 0 Å². The fourth-order valence-corrected chi connectivity index (χ4v) is 2.10. The fraction of sp³-hybridized carbons (Fsp3) is 0.500. The third kappa shape index (κ3) is 6.29. The summed E-state index contributed by atoms with van der Waals surface area (Å²) in [5, 5.41) is 0. The highest BCUT2D eigenvalue weighted by Crippen LogP contribution is 2.18. The van der Waals surface area contributed by atoms with Gasteiger partial charge in [0, 0.05) is 4.47 Å². The van der Waals surface area contributed by atoms with Crippen molar-refractivity contribution in [3.63, 3.8) is 0 Å². The van der Waals surface area contributed by atoms with Crippen LogP contribution >= 0.6 is 15.9 Å². The largest absolute Gasteiger partial charge is 0.462 e. The second-order valence-electron chi connectivity index (χ2n) is 4.71. The predicted molar refractivity (Wildman–Crippen MR) is 84.5 cm³/mol. The van der Waals surface area contributed by atoms with Gasteiger partial charge in [0.05, 0.1) is 24.3 Å². The molecule has 0 unspecified atom stereocenters. The van der Waals surface area contributed by atoms with E-state index in [-0.39, 0.29) is 0 Å². The molecule has 0 saturated heterocycles. The zero-order chi connectivity index (χ0) is 15.7. The Labute approximate surface area is 133 Å². The van der Waals surface area contributed by atoms with Crippen molar-refractivity contribution >= 4 is 27.9 Å². The molecule has 0 N–H and O–H groups in total. The van der Waals surface area contributed by atoms with Crippen LogP contribution < -0.4 is 0 Å². The van der Waals surface area contributed by atoms with Gasteiger partial charge in [-0.1, -0.05) is 42.6 Å². The molecule has 0 aliphatic rings. The molecule has 1 rings (SSSR count). The van der Waals surface area contributed by atoms with Gasteiger partial charge in [-0.15, -0.1) is 0 Å². The topological polar surface area (TPSA) is 52.6 Å². The number of unbranched alkanes of at least 4 members (excludes halogenated alkanes) is 2. The van der Waals surface area contributed by atoms with Gasteiger partial charge in [-0.2, -0.15) is 0 Å². The van der Waals surface area contributed by atoms with Crippen molar-refractivity contribution in [3.05, 3.63) is 33.8 Å². The van der Waals surface area contributed by atoms with Gasteiger partial charge in [0.15, 0.2) is 0 Å². The van der Waals surface area contributed by atoms with Gasteiger partial charge in [-0.25, -0.2) is 9.59 Å². The van der Waals surface area contributed by atoms with Crippen LogP contribution in [0.1, 0.15) is 60.2 Å². The number of ether oxygens (including phenoxy) is 2. The molecule has 0 heterocycles. The quantitative estimate of drug-likeness (QED) is 0.512. The van der Waals surface area contributed by atoms with Crippen molar-refractivity contribution in [3.8, 4) is 0 Å². The Morgan fingerprint density at radius 2 is 1.33 bits per heavy atom. The van der Waals surface area contributed by atoms with Crippen molar-refractivity contribution in [2.45, 2.75) is 39.5 Å². The monoisotopic (exact) mass is 356 g/mol. The minimum Gasteiger partial charge on any atom is -0.462 e. The molecule has 0 amide bonds. The van der Waals surface area contributed by atoms with Crippen LogP contribution in [0.4, 0.5) is 0 Å². The third-order valence-corrected chi connectivity index (χ3v) is 3.29. The van der Waals surface area contributed by atoms with E-state index in [1.807, 2.05) is 13.8 Å². The highest BCUT2D eigenvalue weighted by atomic mass is 79.9. The van der Waals surface area contributed by atoms with Crippen LogP contribution in [0.25, 0.3) is 0 Å². The minimum atomic E-state index is -0.424. The number of rotatable bonds is 8. The molecular formula is C16H21BrO4. The SMILES string of the molecule is CCCCOC(=O)c1cc(Br)cc(C(=O)OCCCC)c1. The smallest absolute Gasteiger partial charge is 0.338 e. The van der Waals surface area contributed by atoms with E-state index in [0.717, 1.165) is 25.7 Å². The summed E-state index contributed by atoms with van der Waals surface area (Å²) in [7, 11) is 0. The maximum Gasteiger partial charge on any atom is 0.338 e. The van der Waals surface area contributed by atoms with Crippen LogP contribution in [0.2, 0.25) is 0 Å². The zero-order valence-electron chi connectivity index (χ0n) is 12.5. The second kappa shape index (κ2) is 9.55. The summed E-state index contributed by atoms with van der Waals surface area (Å²) in [5.41, 5.74) is 0.700. The number of hydrogen-bond acceptors (Lipinski definition) is 4. The lowest BCUT2D eigenvalue weighted by Crippen LogP contribution is -2.10. The van der Waals surface area contributed by atoms with Gasteiger partial charge in [0.2, 0.25) is 0 Å². The van der Waals surface area contributed by atoms with E-state index in [2.05, 4.69) is 15.9 Å². The number of hydrogen-bond donors (Lipinski definition) is 0. The van der Waals surface area contributed by atoms with Crippen molar-refractivity contribution in [1.82, 2.24) is 0 Å².